The number of carbonyl (C=O) groups is 1. The molecule has 2 aromatic carbocycles. The summed E-state index contributed by atoms with van der Waals surface area (Å²) >= 11 is 1.48. The molecule has 146 valence electrons. The summed E-state index contributed by atoms with van der Waals surface area (Å²) in [5.74, 6) is 2.68. The predicted octanol–water partition coefficient (Wildman–Crippen LogP) is 2.65. The largest absolute Gasteiger partial charge is 0.497 e. The number of ether oxygens (including phenoxy) is 3. The zero-order valence-electron chi connectivity index (χ0n) is 15.5. The van der Waals surface area contributed by atoms with Crippen LogP contribution < -0.4 is 19.9 Å². The fourth-order valence-electron chi connectivity index (χ4n) is 2.45. The predicted molar refractivity (Wildman–Crippen MR) is 106 cm³/mol. The molecule has 28 heavy (non-hydrogen) atoms. The van der Waals surface area contributed by atoms with Crippen LogP contribution in [0.2, 0.25) is 0 Å². The smallest absolute Gasteiger partial charge is 0.255 e. The van der Waals surface area contributed by atoms with Crippen molar-refractivity contribution in [2.24, 2.45) is 5.73 Å². The lowest BCUT2D eigenvalue weighted by Gasteiger charge is -2.07. The average molecular weight is 400 g/mol. The van der Waals surface area contributed by atoms with Gasteiger partial charge in [-0.2, -0.15) is 0 Å². The fourth-order valence-corrected chi connectivity index (χ4v) is 3.19. The maximum absolute atomic E-state index is 10.8. The van der Waals surface area contributed by atoms with Crippen LogP contribution in [0.1, 0.15) is 5.56 Å². The average Bonchev–Trinajstić information content (AvgIpc) is 3.19. The molecule has 0 saturated carbocycles. The summed E-state index contributed by atoms with van der Waals surface area (Å²) in [6.07, 6.45) is 0. The molecule has 0 aliphatic heterocycles. The number of carbonyl (C=O) groups excluding carboxylic acids is 1. The van der Waals surface area contributed by atoms with E-state index in [2.05, 4.69) is 15.2 Å². The Morgan fingerprint density at radius 1 is 1.14 bits per heavy atom. The number of benzene rings is 2. The van der Waals surface area contributed by atoms with Gasteiger partial charge in [0.25, 0.3) is 5.91 Å². The summed E-state index contributed by atoms with van der Waals surface area (Å²) in [5, 5.41) is 7.80. The Hall–Kier alpha value is -3.20. The number of aromatic nitrogens is 3. The molecule has 0 aliphatic carbocycles. The van der Waals surface area contributed by atoms with Crippen LogP contribution in [0.3, 0.4) is 0 Å². The van der Waals surface area contributed by atoms with Crippen LogP contribution in [0.4, 0.5) is 0 Å². The van der Waals surface area contributed by atoms with Crippen molar-refractivity contribution in [1.29, 1.82) is 0 Å². The van der Waals surface area contributed by atoms with E-state index in [0.29, 0.717) is 34.0 Å². The van der Waals surface area contributed by atoms with Gasteiger partial charge in [-0.1, -0.05) is 23.9 Å². The Bertz CT molecular complexity index is 961. The van der Waals surface area contributed by atoms with E-state index < -0.39 is 5.91 Å². The maximum atomic E-state index is 10.8. The molecule has 3 rings (SSSR count). The number of H-pyrrole nitrogens is 1. The first-order valence-electron chi connectivity index (χ1n) is 8.36. The minimum Gasteiger partial charge on any atom is -0.497 e. The van der Waals surface area contributed by atoms with Crippen molar-refractivity contribution < 1.29 is 19.0 Å². The highest BCUT2D eigenvalue weighted by Crippen LogP contribution is 2.32. The zero-order chi connectivity index (χ0) is 19.9. The molecule has 8 nitrogen and oxygen atoms in total. The van der Waals surface area contributed by atoms with Crippen molar-refractivity contribution in [3.05, 3.63) is 48.0 Å². The molecular formula is C19H20N4O4S. The number of thioether (sulfide) groups is 1. The third-order valence-corrected chi connectivity index (χ3v) is 4.69. The molecule has 1 heterocycles. The summed E-state index contributed by atoms with van der Waals surface area (Å²) in [4.78, 5) is 15.4. The Labute approximate surface area is 166 Å². The van der Waals surface area contributed by atoms with Crippen molar-refractivity contribution in [1.82, 2.24) is 15.2 Å². The molecule has 9 heteroatoms. The van der Waals surface area contributed by atoms with Crippen molar-refractivity contribution in [3.8, 4) is 28.6 Å². The molecule has 3 aromatic rings. The number of nitrogens with zero attached hydrogens (tertiary/aromatic N) is 2. The molecule has 0 aliphatic rings. The molecule has 0 fully saturated rings. The third-order valence-electron chi connectivity index (χ3n) is 3.78. The SMILES string of the molecule is COc1ccc(-c2nc(SCc3cccc(OCC(N)=O)c3)n[nH]2)c(OC)c1. The molecule has 1 aromatic heterocycles. The lowest BCUT2D eigenvalue weighted by Crippen LogP contribution is -2.20. The topological polar surface area (TPSA) is 112 Å². The zero-order valence-corrected chi connectivity index (χ0v) is 16.3. The Balaban J connectivity index is 1.67. The maximum Gasteiger partial charge on any atom is 0.255 e. The van der Waals surface area contributed by atoms with E-state index in [9.17, 15) is 4.79 Å². The Morgan fingerprint density at radius 2 is 2.00 bits per heavy atom. The minimum atomic E-state index is -0.512. The van der Waals surface area contributed by atoms with Crippen molar-refractivity contribution >= 4 is 17.7 Å². The Kier molecular flexibility index (Phi) is 6.38. The van der Waals surface area contributed by atoms with E-state index in [1.807, 2.05) is 30.3 Å². The van der Waals surface area contributed by atoms with E-state index in [1.165, 1.54) is 11.8 Å². The van der Waals surface area contributed by atoms with Gasteiger partial charge >= 0.3 is 0 Å². The van der Waals surface area contributed by atoms with Gasteiger partial charge in [0.1, 0.15) is 17.2 Å². The van der Waals surface area contributed by atoms with Gasteiger partial charge in [0.15, 0.2) is 12.4 Å². The number of hydrogen-bond acceptors (Lipinski definition) is 7. The number of hydrogen-bond donors (Lipinski definition) is 2. The van der Waals surface area contributed by atoms with E-state index in [0.717, 1.165) is 11.1 Å². The fraction of sp³-hybridized carbons (Fsp3) is 0.211. The highest BCUT2D eigenvalue weighted by Gasteiger charge is 2.12. The molecule has 0 atom stereocenters. The van der Waals surface area contributed by atoms with Gasteiger partial charge in [-0.3, -0.25) is 9.89 Å². The van der Waals surface area contributed by atoms with Crippen molar-refractivity contribution in [3.63, 3.8) is 0 Å². The molecule has 0 unspecified atom stereocenters. The molecule has 1 amide bonds. The second kappa shape index (κ2) is 9.14. The molecule has 0 spiro atoms. The van der Waals surface area contributed by atoms with E-state index in [1.54, 1.807) is 26.4 Å². The van der Waals surface area contributed by atoms with Gasteiger partial charge in [0.2, 0.25) is 5.16 Å². The van der Waals surface area contributed by atoms with Crippen LogP contribution in [-0.4, -0.2) is 41.9 Å². The number of nitrogens with one attached hydrogen (secondary N) is 1. The molecule has 0 radical (unpaired) electrons. The molecule has 0 bridgehead atoms. The first-order chi connectivity index (χ1) is 13.6. The van der Waals surface area contributed by atoms with Gasteiger partial charge in [-0.15, -0.1) is 5.10 Å². The number of nitrogens with two attached hydrogens (primary N) is 1. The third kappa shape index (κ3) is 4.95. The van der Waals surface area contributed by atoms with Crippen LogP contribution >= 0.6 is 11.8 Å². The van der Waals surface area contributed by atoms with Gasteiger partial charge < -0.3 is 19.9 Å². The number of methoxy groups -OCH3 is 2. The van der Waals surface area contributed by atoms with Gasteiger partial charge in [0.05, 0.1) is 19.8 Å². The number of aromatic amines is 1. The summed E-state index contributed by atoms with van der Waals surface area (Å²) in [5.41, 5.74) is 6.91. The highest BCUT2D eigenvalue weighted by molar-refractivity contribution is 7.98. The van der Waals surface area contributed by atoms with Crippen molar-refractivity contribution in [2.45, 2.75) is 10.9 Å². The second-order valence-corrected chi connectivity index (χ2v) is 6.67. The number of amides is 1. The standard InChI is InChI=1S/C19H20N4O4S/c1-25-13-6-7-15(16(9-13)26-2)18-21-19(23-22-18)28-11-12-4-3-5-14(8-12)27-10-17(20)24/h3-9H,10-11H2,1-2H3,(H2,20,24)(H,21,22,23). The van der Waals surface area contributed by atoms with Crippen LogP contribution in [0, 0.1) is 0 Å². The summed E-state index contributed by atoms with van der Waals surface area (Å²) in [7, 11) is 3.20. The second-order valence-electron chi connectivity index (χ2n) is 5.72. The van der Waals surface area contributed by atoms with Crippen LogP contribution in [0.15, 0.2) is 47.6 Å². The van der Waals surface area contributed by atoms with Gasteiger partial charge in [-0.05, 0) is 29.8 Å². The highest BCUT2D eigenvalue weighted by atomic mass is 32.2. The first kappa shape index (κ1) is 19.6. The van der Waals surface area contributed by atoms with Gasteiger partial charge in [0, 0.05) is 11.8 Å². The van der Waals surface area contributed by atoms with Crippen LogP contribution in [0.5, 0.6) is 17.2 Å². The first-order valence-corrected chi connectivity index (χ1v) is 9.35. The monoisotopic (exact) mass is 400 g/mol. The van der Waals surface area contributed by atoms with Crippen LogP contribution in [-0.2, 0) is 10.5 Å². The minimum absolute atomic E-state index is 0.148. The van der Waals surface area contributed by atoms with E-state index in [4.69, 9.17) is 19.9 Å². The lowest BCUT2D eigenvalue weighted by atomic mass is 10.2. The summed E-state index contributed by atoms with van der Waals surface area (Å²) < 4.78 is 15.9. The Morgan fingerprint density at radius 3 is 2.75 bits per heavy atom. The van der Waals surface area contributed by atoms with E-state index >= 15 is 0 Å². The lowest BCUT2D eigenvalue weighted by molar-refractivity contribution is -0.119. The van der Waals surface area contributed by atoms with E-state index in [-0.39, 0.29) is 6.61 Å². The molecular weight excluding hydrogens is 380 g/mol. The normalized spacial score (nSPS) is 10.5. The van der Waals surface area contributed by atoms with Gasteiger partial charge in [-0.25, -0.2) is 4.98 Å². The molecule has 3 N–H and O–H groups in total. The molecule has 0 saturated heterocycles. The summed E-state index contributed by atoms with van der Waals surface area (Å²) in [6.45, 7) is -0.148. The number of rotatable bonds is 9. The van der Waals surface area contributed by atoms with Crippen LogP contribution in [0.25, 0.3) is 11.4 Å². The number of primary amides is 1. The van der Waals surface area contributed by atoms with Crippen molar-refractivity contribution in [2.75, 3.05) is 20.8 Å². The quantitative estimate of drug-likeness (QED) is 0.531. The summed E-state index contributed by atoms with van der Waals surface area (Å²) in [6, 6.07) is 13.0.